The number of aliphatic carboxylic acids is 2. The number of hydrogen-bond donors (Lipinski definition) is 12. The topological polar surface area (TPSA) is 413 Å². The zero-order valence-electron chi connectivity index (χ0n) is 54.3. The van der Waals surface area contributed by atoms with Crippen LogP contribution in [0.5, 0.6) is 0 Å². The standard InChI is InChI=1S/C66H86N6O20S2.2Na/c1-39(73)71-53-49(75)35-65(63(85)86,91-57(53)55(79)51(77)37-69-61(83)47-19-15-43(16-20-47)41-11-5-3-6-12-41)89-29-9-31-93-33-27-67-59(81)45-23-25-46(26-24-45)60(82)68-28-34-94-32-10-30-90-66(64(87)88)36-50(76)54(72-40(2)74)58(92-66)56(80)52(78)38-70-62(84)48-21-17-44(18-22-48)42-13-7-4-8-14-42;;/h3,5-6,11-12,15-26,42,49-58,75-80H,4,7-10,13-14,27-38H2,1-2H3,(H,67,81)(H,68,82)(H,69,83)(H,70,84)(H,71,73)(H,72,74)(H,85,86)(H,87,88);;/q;2*+1/p-2/t49-,50-,51+,52+,53+,54+,55+,56+,57+,58+,65+,66+;;/m0../s1. The molecule has 2 aliphatic heterocycles. The number of hydrogen-bond acceptors (Lipinski definition) is 22. The third kappa shape index (κ3) is 23.5. The molecule has 0 radical (unpaired) electrons. The van der Waals surface area contributed by atoms with E-state index in [1.54, 1.807) is 36.4 Å². The van der Waals surface area contributed by atoms with E-state index < -0.39 is 146 Å². The molecule has 26 nitrogen and oxygen atoms in total. The molecule has 2 heterocycles. The summed E-state index contributed by atoms with van der Waals surface area (Å²) < 4.78 is 22.9. The average Bonchev–Trinajstić information content (AvgIpc) is 0.777. The number of aliphatic hydroxyl groups excluding tert-OH is 6. The molecule has 1 saturated carbocycles. The molecule has 6 amide bonds. The van der Waals surface area contributed by atoms with Crippen LogP contribution < -0.4 is 101 Å². The Labute approximate surface area is 609 Å². The Balaban J connectivity index is 0.00000833. The number of amides is 6. The minimum atomic E-state index is -2.60. The summed E-state index contributed by atoms with van der Waals surface area (Å²) in [5, 5.41) is 108. The summed E-state index contributed by atoms with van der Waals surface area (Å²) in [6.45, 7) is 1.31. The largest absolute Gasteiger partial charge is 1.00 e. The molecule has 512 valence electrons. The number of aliphatic hydroxyl groups is 6. The maximum absolute atomic E-state index is 13.0. The number of thioether (sulfide) groups is 2. The van der Waals surface area contributed by atoms with Gasteiger partial charge >= 0.3 is 59.1 Å². The van der Waals surface area contributed by atoms with Crippen LogP contribution in [-0.4, -0.2) is 213 Å². The number of carboxylic acid groups (broad SMARTS) is 2. The molecule has 0 aromatic heterocycles. The van der Waals surface area contributed by atoms with E-state index in [2.05, 4.69) is 31.9 Å². The Morgan fingerprint density at radius 3 is 1.27 bits per heavy atom. The number of nitrogens with one attached hydrogen (secondary N) is 6. The van der Waals surface area contributed by atoms with Gasteiger partial charge in [-0.15, -0.1) is 0 Å². The summed E-state index contributed by atoms with van der Waals surface area (Å²) in [4.78, 5) is 101. The summed E-state index contributed by atoms with van der Waals surface area (Å²) in [5.74, 6) is -9.96. The maximum atomic E-state index is 13.0. The van der Waals surface area contributed by atoms with Crippen molar-refractivity contribution in [3.05, 3.63) is 131 Å². The van der Waals surface area contributed by atoms with Gasteiger partial charge in [0, 0.05) is 86.6 Å². The van der Waals surface area contributed by atoms with Gasteiger partial charge < -0.3 is 101 Å². The number of rotatable bonds is 34. The molecule has 3 fully saturated rings. The SMILES string of the molecule is CC(=O)N[C@H]1[C@H]([C@H](O)[C@H](O)CNC(=O)c2ccc(-c3ccccc3)cc2)O[C@@](OCCCSCCNC(=O)c2ccc(C(=O)NCCSCCCO[C@]3(C(=O)[O-])C[C@H](O)[C@@H](NC(C)=O)[C@H]([C@H](O)[C@H](O)CNC(=O)c4ccc(C5CCCCC5)cc4)O3)cc2)(C(=O)[O-])C[C@@H]1O.[Na+].[Na+]. The van der Waals surface area contributed by atoms with Crippen molar-refractivity contribution in [3.8, 4) is 11.1 Å². The first-order valence-electron chi connectivity index (χ1n) is 31.3. The molecule has 7 rings (SSSR count). The van der Waals surface area contributed by atoms with E-state index in [0.29, 0.717) is 45.6 Å². The van der Waals surface area contributed by atoms with Gasteiger partial charge in [-0.25, -0.2) is 0 Å². The van der Waals surface area contributed by atoms with E-state index in [1.807, 2.05) is 42.5 Å². The number of carboxylic acids is 2. The smallest absolute Gasteiger partial charge is 0.544 e. The summed E-state index contributed by atoms with van der Waals surface area (Å²) in [5.41, 5.74) is 4.12. The molecule has 0 spiro atoms. The predicted molar refractivity (Wildman–Crippen MR) is 341 cm³/mol. The van der Waals surface area contributed by atoms with Gasteiger partial charge in [-0.05, 0) is 108 Å². The van der Waals surface area contributed by atoms with Gasteiger partial charge in [0.15, 0.2) is 0 Å². The van der Waals surface area contributed by atoms with Crippen molar-refractivity contribution in [3.63, 3.8) is 0 Å². The number of benzene rings is 4. The second kappa shape index (κ2) is 40.3. The second-order valence-corrected chi connectivity index (χ2v) is 25.8. The van der Waals surface area contributed by atoms with Crippen LogP contribution >= 0.6 is 23.5 Å². The molecule has 0 unspecified atom stereocenters. The molecule has 12 atom stereocenters. The first-order chi connectivity index (χ1) is 45.0. The summed E-state index contributed by atoms with van der Waals surface area (Å²) in [7, 11) is 0. The monoisotopic (exact) mass is 1390 g/mol. The van der Waals surface area contributed by atoms with Crippen molar-refractivity contribution in [1.29, 1.82) is 0 Å². The number of carbonyl (C=O) groups is 8. The Kier molecular flexibility index (Phi) is 34.2. The zero-order valence-corrected chi connectivity index (χ0v) is 59.9. The van der Waals surface area contributed by atoms with Crippen molar-refractivity contribution in [1.82, 2.24) is 31.9 Å². The predicted octanol–water partition coefficient (Wildman–Crippen LogP) is -6.35. The van der Waals surface area contributed by atoms with Gasteiger partial charge in [0.2, 0.25) is 23.4 Å². The van der Waals surface area contributed by atoms with Crippen molar-refractivity contribution >= 4 is 70.9 Å². The Bertz CT molecular complexity index is 3160. The summed E-state index contributed by atoms with van der Waals surface area (Å²) in [6.07, 6.45) is -9.35. The fourth-order valence-electron chi connectivity index (χ4n) is 11.4. The fraction of sp³-hybridized carbons (Fsp3) is 0.515. The molecular weight excluding hydrogens is 1310 g/mol. The molecule has 12 N–H and O–H groups in total. The average molecular weight is 1390 g/mol. The fourth-order valence-corrected chi connectivity index (χ4v) is 12.9. The third-order valence-corrected chi connectivity index (χ3v) is 18.6. The van der Waals surface area contributed by atoms with Crippen LogP contribution in [0.3, 0.4) is 0 Å². The maximum Gasteiger partial charge on any atom is 1.00 e. The molecule has 96 heavy (non-hydrogen) atoms. The van der Waals surface area contributed by atoms with Crippen molar-refractivity contribution in [2.45, 2.75) is 150 Å². The van der Waals surface area contributed by atoms with Crippen molar-refractivity contribution in [2.75, 3.05) is 62.4 Å². The zero-order chi connectivity index (χ0) is 68.0. The van der Waals surface area contributed by atoms with Gasteiger partial charge in [0.1, 0.15) is 36.4 Å². The van der Waals surface area contributed by atoms with E-state index in [-0.39, 0.29) is 104 Å². The first kappa shape index (κ1) is 81.6. The van der Waals surface area contributed by atoms with Crippen LogP contribution in [0, 0.1) is 0 Å². The van der Waals surface area contributed by atoms with E-state index in [9.17, 15) is 79.2 Å². The van der Waals surface area contributed by atoms with E-state index in [4.69, 9.17) is 18.9 Å². The molecule has 30 heteroatoms. The second-order valence-electron chi connectivity index (χ2n) is 23.4. The molecule has 2 saturated heterocycles. The minimum absolute atomic E-state index is 0. The van der Waals surface area contributed by atoms with E-state index in [1.165, 1.54) is 54.2 Å². The quantitative estimate of drug-likeness (QED) is 0.0153. The van der Waals surface area contributed by atoms with E-state index >= 15 is 0 Å². The van der Waals surface area contributed by atoms with Crippen LogP contribution in [0.4, 0.5) is 0 Å². The van der Waals surface area contributed by atoms with E-state index in [0.717, 1.165) is 56.2 Å². The van der Waals surface area contributed by atoms with Crippen LogP contribution in [0.15, 0.2) is 103 Å². The van der Waals surface area contributed by atoms with Crippen molar-refractivity contribution in [2.24, 2.45) is 0 Å². The van der Waals surface area contributed by atoms with Gasteiger partial charge in [-0.3, -0.25) is 28.8 Å². The minimum Gasteiger partial charge on any atom is -0.544 e. The number of carbonyl (C=O) groups excluding carboxylic acids is 8. The molecule has 3 aliphatic rings. The molecule has 4 aromatic carbocycles. The van der Waals surface area contributed by atoms with Crippen LogP contribution in [0.1, 0.15) is 125 Å². The normalized spacial score (nSPS) is 23.0. The van der Waals surface area contributed by atoms with Gasteiger partial charge in [0.05, 0.1) is 49.7 Å². The first-order valence-corrected chi connectivity index (χ1v) is 33.6. The van der Waals surface area contributed by atoms with Gasteiger partial charge in [-0.1, -0.05) is 73.9 Å². The Morgan fingerprint density at radius 2 is 0.885 bits per heavy atom. The van der Waals surface area contributed by atoms with Crippen LogP contribution in [-0.2, 0) is 38.1 Å². The number of ether oxygens (including phenoxy) is 4. The van der Waals surface area contributed by atoms with Gasteiger partial charge in [-0.2, -0.15) is 23.5 Å². The van der Waals surface area contributed by atoms with Gasteiger partial charge in [0.25, 0.3) is 23.6 Å². The Morgan fingerprint density at radius 1 is 0.521 bits per heavy atom. The molecule has 0 bridgehead atoms. The van der Waals surface area contributed by atoms with Crippen LogP contribution in [0.2, 0.25) is 0 Å². The Hall–Kier alpha value is -5.06. The summed E-state index contributed by atoms with van der Waals surface area (Å²) >= 11 is 2.82. The van der Waals surface area contributed by atoms with Crippen LogP contribution in [0.25, 0.3) is 11.1 Å². The van der Waals surface area contributed by atoms with Crippen molar-refractivity contribution < 1.29 is 157 Å². The molecular formula is C66H84N6Na2O20S2. The molecule has 1 aliphatic carbocycles. The third-order valence-electron chi connectivity index (χ3n) is 16.4. The molecule has 4 aromatic rings. The summed E-state index contributed by atoms with van der Waals surface area (Å²) in [6, 6.07) is 26.5.